The molecule has 0 radical (unpaired) electrons. The predicted molar refractivity (Wildman–Crippen MR) is 156 cm³/mol. The third-order valence-corrected chi connectivity index (χ3v) is 6.47. The van der Waals surface area contributed by atoms with Crippen LogP contribution in [0.15, 0.2) is 24.3 Å². The predicted octanol–water partition coefficient (Wildman–Crippen LogP) is 4.59. The number of unbranched alkanes of at least 4 members (excludes halogenated alkanes) is 5. The molecule has 2 atom stereocenters. The van der Waals surface area contributed by atoms with E-state index in [0.29, 0.717) is 12.0 Å². The number of hydrogen-bond donors (Lipinski definition) is 3. The molecule has 0 spiro atoms. The molecular weight excluding hydrogens is 518 g/mol. The second-order valence-corrected chi connectivity index (χ2v) is 10.8. The van der Waals surface area contributed by atoms with E-state index in [9.17, 15) is 19.2 Å². The highest BCUT2D eigenvalue weighted by Crippen LogP contribution is 2.25. The number of hydrogen-bond acceptors (Lipinski definition) is 7. The van der Waals surface area contributed by atoms with Gasteiger partial charge in [0.25, 0.3) is 0 Å². The highest BCUT2D eigenvalue weighted by Gasteiger charge is 2.35. The van der Waals surface area contributed by atoms with Gasteiger partial charge < -0.3 is 25.0 Å². The van der Waals surface area contributed by atoms with Gasteiger partial charge in [-0.1, -0.05) is 70.2 Å². The molecule has 0 aliphatic rings. The molecule has 0 bridgehead atoms. The largest absolute Gasteiger partial charge is 0.468 e. The van der Waals surface area contributed by atoms with Gasteiger partial charge in [0, 0.05) is 12.3 Å². The molecule has 0 aliphatic carbocycles. The topological polar surface area (TPSA) is 114 Å². The van der Waals surface area contributed by atoms with E-state index >= 15 is 0 Å². The lowest BCUT2D eigenvalue weighted by Crippen LogP contribution is -2.54. The maximum Gasteiger partial charge on any atom is 0.408 e. The summed E-state index contributed by atoms with van der Waals surface area (Å²) in [7, 11) is 1.24. The number of methoxy groups -OCH3 is 1. The lowest BCUT2D eigenvalue weighted by Gasteiger charge is -2.34. The molecule has 0 aliphatic heterocycles. The molecule has 9 nitrogen and oxygen atoms in total. The van der Waals surface area contributed by atoms with E-state index in [1.54, 1.807) is 20.8 Å². The molecule has 3 amide bonds. The van der Waals surface area contributed by atoms with Gasteiger partial charge in [-0.15, -0.1) is 0 Å². The van der Waals surface area contributed by atoms with E-state index in [1.165, 1.54) is 12.0 Å². The van der Waals surface area contributed by atoms with Crippen molar-refractivity contribution < 1.29 is 28.7 Å². The lowest BCUT2D eigenvalue weighted by molar-refractivity contribution is -0.144. The van der Waals surface area contributed by atoms with Crippen LogP contribution in [-0.4, -0.2) is 66.4 Å². The Morgan fingerprint density at radius 1 is 0.974 bits per heavy atom. The van der Waals surface area contributed by atoms with Crippen LogP contribution >= 0.6 is 12.6 Å². The first kappa shape index (κ1) is 34.3. The third-order valence-electron chi connectivity index (χ3n) is 6.11. The number of alkyl carbamates (subject to hydrolysis) is 1. The first-order valence-electron chi connectivity index (χ1n) is 13.8. The first-order chi connectivity index (χ1) is 18.5. The second-order valence-electron chi connectivity index (χ2n) is 10.5. The molecule has 10 heteroatoms. The Bertz CT molecular complexity index is 917. The van der Waals surface area contributed by atoms with Gasteiger partial charge in [-0.3, -0.25) is 14.4 Å². The zero-order valence-electron chi connectivity index (χ0n) is 24.4. The summed E-state index contributed by atoms with van der Waals surface area (Å²) in [6.07, 6.45) is 6.04. The molecule has 0 heterocycles. The molecule has 1 rings (SSSR count). The van der Waals surface area contributed by atoms with Gasteiger partial charge in [0.2, 0.25) is 11.8 Å². The fourth-order valence-corrected chi connectivity index (χ4v) is 4.25. The van der Waals surface area contributed by atoms with E-state index in [1.807, 2.05) is 31.2 Å². The minimum absolute atomic E-state index is 0.0103. The van der Waals surface area contributed by atoms with Gasteiger partial charge in [-0.2, -0.15) is 12.6 Å². The van der Waals surface area contributed by atoms with Crippen molar-refractivity contribution in [2.45, 2.75) is 97.2 Å². The summed E-state index contributed by atoms with van der Waals surface area (Å²) in [4.78, 5) is 53.2. The average molecular weight is 566 g/mol. The van der Waals surface area contributed by atoms with Crippen LogP contribution in [0.1, 0.15) is 90.3 Å². The molecule has 1 aromatic rings. The Balaban J connectivity index is 3.36. The number of nitrogens with zero attached hydrogens (tertiary/aromatic N) is 1. The SMILES string of the molecule is CCCCCCCCN(C(=O)C(CS)NC(=O)OC(C)(C)C)C(C(=O)NCC(=O)OC)c1ccc(CC)cc1. The van der Waals surface area contributed by atoms with E-state index in [0.717, 1.165) is 44.1 Å². The van der Waals surface area contributed by atoms with Crippen molar-refractivity contribution in [3.8, 4) is 0 Å². The molecule has 2 N–H and O–H groups in total. The maximum atomic E-state index is 13.9. The Hall–Kier alpha value is -2.75. The van der Waals surface area contributed by atoms with E-state index in [4.69, 9.17) is 4.74 Å². The van der Waals surface area contributed by atoms with Crippen LogP contribution in [0.3, 0.4) is 0 Å². The zero-order chi connectivity index (χ0) is 29.4. The number of rotatable bonds is 16. The third kappa shape index (κ3) is 12.8. The van der Waals surface area contributed by atoms with Crippen LogP contribution in [0.5, 0.6) is 0 Å². The van der Waals surface area contributed by atoms with E-state index in [2.05, 4.69) is 34.9 Å². The maximum absolute atomic E-state index is 13.9. The van der Waals surface area contributed by atoms with Gasteiger partial charge in [-0.25, -0.2) is 4.79 Å². The minimum atomic E-state index is -1.02. The van der Waals surface area contributed by atoms with Gasteiger partial charge in [-0.05, 0) is 44.7 Å². The monoisotopic (exact) mass is 565 g/mol. The average Bonchev–Trinajstić information content (AvgIpc) is 2.90. The number of amides is 3. The number of ether oxygens (including phenoxy) is 2. The number of benzene rings is 1. The summed E-state index contributed by atoms with van der Waals surface area (Å²) < 4.78 is 10.0. The smallest absolute Gasteiger partial charge is 0.408 e. The molecule has 0 aromatic heterocycles. The number of carbonyl (C=O) groups is 4. The van der Waals surface area contributed by atoms with Crippen molar-refractivity contribution in [3.05, 3.63) is 35.4 Å². The number of esters is 1. The van der Waals surface area contributed by atoms with Crippen LogP contribution < -0.4 is 10.6 Å². The quantitative estimate of drug-likeness (QED) is 0.153. The standard InChI is InChI=1S/C29H47N3O6S/c1-7-9-10-11-12-13-18-32(27(35)23(20-39)31-28(36)38-29(3,4)5)25(26(34)30-19-24(33)37-6)22-16-14-21(8-2)15-17-22/h14-17,23,25,39H,7-13,18-20H2,1-6H3,(H,30,34)(H,31,36). The van der Waals surface area contributed by atoms with Gasteiger partial charge in [0.05, 0.1) is 7.11 Å². The van der Waals surface area contributed by atoms with Crippen LogP contribution in [0.25, 0.3) is 0 Å². The van der Waals surface area contributed by atoms with Crippen molar-refractivity contribution >= 4 is 36.5 Å². The molecule has 0 saturated heterocycles. The van der Waals surface area contributed by atoms with Gasteiger partial charge in [0.1, 0.15) is 24.2 Å². The minimum Gasteiger partial charge on any atom is -0.468 e. The molecule has 0 fully saturated rings. The number of nitrogens with one attached hydrogen (secondary N) is 2. The molecule has 2 unspecified atom stereocenters. The zero-order valence-corrected chi connectivity index (χ0v) is 25.3. The van der Waals surface area contributed by atoms with Crippen molar-refractivity contribution in [3.63, 3.8) is 0 Å². The first-order valence-corrected chi connectivity index (χ1v) is 14.4. The van der Waals surface area contributed by atoms with Crippen molar-refractivity contribution in [1.82, 2.24) is 15.5 Å². The van der Waals surface area contributed by atoms with Crippen molar-refractivity contribution in [1.29, 1.82) is 0 Å². The number of thiol groups is 1. The number of aryl methyl sites for hydroxylation is 1. The summed E-state index contributed by atoms with van der Waals surface area (Å²) in [5, 5.41) is 5.21. The van der Waals surface area contributed by atoms with Crippen molar-refractivity contribution in [2.24, 2.45) is 0 Å². The highest BCUT2D eigenvalue weighted by atomic mass is 32.1. The molecule has 39 heavy (non-hydrogen) atoms. The molecule has 220 valence electrons. The van der Waals surface area contributed by atoms with Gasteiger partial charge >= 0.3 is 12.1 Å². The highest BCUT2D eigenvalue weighted by molar-refractivity contribution is 7.80. The van der Waals surface area contributed by atoms with Crippen LogP contribution in [0.4, 0.5) is 4.79 Å². The Kier molecular flexibility index (Phi) is 15.6. The molecular formula is C29H47N3O6S. The van der Waals surface area contributed by atoms with Crippen LogP contribution in [0, 0.1) is 0 Å². The van der Waals surface area contributed by atoms with Crippen LogP contribution in [-0.2, 0) is 30.3 Å². The van der Waals surface area contributed by atoms with Crippen molar-refractivity contribution in [2.75, 3.05) is 26.0 Å². The number of carbonyl (C=O) groups excluding carboxylic acids is 4. The van der Waals surface area contributed by atoms with E-state index < -0.39 is 41.6 Å². The summed E-state index contributed by atoms with van der Waals surface area (Å²) in [6.45, 7) is 9.34. The fourth-order valence-electron chi connectivity index (χ4n) is 4.00. The van der Waals surface area contributed by atoms with E-state index in [-0.39, 0.29) is 18.8 Å². The lowest BCUT2D eigenvalue weighted by atomic mass is 10.00. The molecule has 0 saturated carbocycles. The Labute approximate surface area is 239 Å². The second kappa shape index (κ2) is 17.8. The summed E-state index contributed by atoms with van der Waals surface area (Å²) >= 11 is 4.32. The normalized spacial score (nSPS) is 12.7. The summed E-state index contributed by atoms with van der Waals surface area (Å²) in [5.41, 5.74) is 0.939. The Morgan fingerprint density at radius 2 is 1.59 bits per heavy atom. The van der Waals surface area contributed by atoms with Gasteiger partial charge in [0.15, 0.2) is 0 Å². The Morgan fingerprint density at radius 3 is 2.13 bits per heavy atom. The molecule has 1 aromatic carbocycles. The fraction of sp³-hybridized carbons (Fsp3) is 0.655. The summed E-state index contributed by atoms with van der Waals surface area (Å²) in [6, 6.07) is 5.43. The summed E-state index contributed by atoms with van der Waals surface area (Å²) in [5.74, 6) is -1.56. The van der Waals surface area contributed by atoms with Crippen LogP contribution in [0.2, 0.25) is 0 Å².